The molecular formula is C19H17ClN2O3. The molecule has 0 spiro atoms. The average Bonchev–Trinajstić information content (AvgIpc) is 3.30. The van der Waals surface area contributed by atoms with Gasteiger partial charge in [-0.15, -0.1) is 0 Å². The lowest BCUT2D eigenvalue weighted by Crippen LogP contribution is -2.31. The van der Waals surface area contributed by atoms with Crippen molar-refractivity contribution in [1.82, 2.24) is 5.32 Å². The third kappa shape index (κ3) is 3.61. The number of rotatable bonds is 4. The summed E-state index contributed by atoms with van der Waals surface area (Å²) < 4.78 is 5.68. The minimum Gasteiger partial charge on any atom is -0.480 e. The quantitative estimate of drug-likeness (QED) is 0.884. The van der Waals surface area contributed by atoms with Crippen molar-refractivity contribution in [3.63, 3.8) is 0 Å². The molecule has 1 fully saturated rings. The van der Waals surface area contributed by atoms with Crippen LogP contribution in [0.15, 0.2) is 42.5 Å². The van der Waals surface area contributed by atoms with E-state index in [0.29, 0.717) is 34.5 Å². The van der Waals surface area contributed by atoms with Gasteiger partial charge < -0.3 is 15.4 Å². The van der Waals surface area contributed by atoms with Gasteiger partial charge in [0.2, 0.25) is 0 Å². The highest BCUT2D eigenvalue weighted by atomic mass is 35.5. The molecule has 2 aromatic rings. The number of hydrogen-bond donors (Lipinski definition) is 2. The number of carbonyl (C=O) groups is 2. The molecule has 0 aromatic heterocycles. The fourth-order valence-corrected chi connectivity index (χ4v) is 3.02. The van der Waals surface area contributed by atoms with E-state index in [1.165, 1.54) is 0 Å². The molecule has 2 aromatic carbocycles. The summed E-state index contributed by atoms with van der Waals surface area (Å²) in [5, 5.41) is 6.38. The SMILES string of the molecule is O=C(NC1CC1)c1cccc(NC(=O)C2Cc3cc(Cl)ccc3O2)c1. The van der Waals surface area contributed by atoms with Crippen LogP contribution in [0.5, 0.6) is 5.75 Å². The van der Waals surface area contributed by atoms with E-state index in [2.05, 4.69) is 10.6 Å². The zero-order chi connectivity index (χ0) is 17.4. The molecule has 1 unspecified atom stereocenters. The van der Waals surface area contributed by atoms with Gasteiger partial charge in [0.15, 0.2) is 6.10 Å². The van der Waals surface area contributed by atoms with Crippen LogP contribution in [0.1, 0.15) is 28.8 Å². The molecule has 2 amide bonds. The van der Waals surface area contributed by atoms with Crippen LogP contribution in [-0.4, -0.2) is 24.0 Å². The Morgan fingerprint density at radius 1 is 1.12 bits per heavy atom. The van der Waals surface area contributed by atoms with Crippen molar-refractivity contribution in [2.24, 2.45) is 0 Å². The Bertz CT molecular complexity index is 848. The van der Waals surface area contributed by atoms with Gasteiger partial charge >= 0.3 is 0 Å². The highest BCUT2D eigenvalue weighted by Crippen LogP contribution is 2.31. The van der Waals surface area contributed by atoms with E-state index < -0.39 is 6.10 Å². The average molecular weight is 357 g/mol. The van der Waals surface area contributed by atoms with E-state index in [9.17, 15) is 9.59 Å². The summed E-state index contributed by atoms with van der Waals surface area (Å²) in [6.07, 6.45) is 1.94. The summed E-state index contributed by atoms with van der Waals surface area (Å²) in [4.78, 5) is 24.6. The molecule has 1 atom stereocenters. The van der Waals surface area contributed by atoms with Crippen molar-refractivity contribution in [1.29, 1.82) is 0 Å². The maximum absolute atomic E-state index is 12.5. The molecular weight excluding hydrogens is 340 g/mol. The molecule has 2 N–H and O–H groups in total. The third-order valence-electron chi connectivity index (χ3n) is 4.29. The van der Waals surface area contributed by atoms with Gasteiger partial charge in [0.1, 0.15) is 5.75 Å². The van der Waals surface area contributed by atoms with Crippen molar-refractivity contribution in [2.45, 2.75) is 31.4 Å². The van der Waals surface area contributed by atoms with Crippen molar-refractivity contribution in [3.05, 3.63) is 58.6 Å². The zero-order valence-corrected chi connectivity index (χ0v) is 14.2. The molecule has 4 rings (SSSR count). The number of hydrogen-bond acceptors (Lipinski definition) is 3. The van der Waals surface area contributed by atoms with E-state index in [1.54, 1.807) is 36.4 Å². The topological polar surface area (TPSA) is 67.4 Å². The molecule has 1 heterocycles. The minimum absolute atomic E-state index is 0.113. The fourth-order valence-electron chi connectivity index (χ4n) is 2.82. The number of halogens is 1. The third-order valence-corrected chi connectivity index (χ3v) is 4.53. The van der Waals surface area contributed by atoms with Crippen molar-refractivity contribution in [3.8, 4) is 5.75 Å². The second-order valence-corrected chi connectivity index (χ2v) is 6.82. The van der Waals surface area contributed by atoms with Gasteiger partial charge in [-0.3, -0.25) is 9.59 Å². The van der Waals surface area contributed by atoms with Crippen molar-refractivity contribution >= 4 is 29.1 Å². The van der Waals surface area contributed by atoms with Gasteiger partial charge in [-0.2, -0.15) is 0 Å². The van der Waals surface area contributed by atoms with Crippen LogP contribution < -0.4 is 15.4 Å². The summed E-state index contributed by atoms with van der Waals surface area (Å²) in [5.74, 6) is 0.326. The maximum Gasteiger partial charge on any atom is 0.265 e. The first kappa shape index (κ1) is 16.0. The van der Waals surface area contributed by atoms with Gasteiger partial charge in [0, 0.05) is 28.7 Å². The molecule has 0 radical (unpaired) electrons. The van der Waals surface area contributed by atoms with Crippen LogP contribution in [0.4, 0.5) is 5.69 Å². The van der Waals surface area contributed by atoms with E-state index in [1.807, 2.05) is 6.07 Å². The van der Waals surface area contributed by atoms with Crippen LogP contribution >= 0.6 is 11.6 Å². The molecule has 1 aliphatic carbocycles. The number of ether oxygens (including phenoxy) is 1. The second kappa shape index (κ2) is 6.41. The fraction of sp³-hybridized carbons (Fsp3) is 0.263. The van der Waals surface area contributed by atoms with E-state index >= 15 is 0 Å². The number of benzene rings is 2. The van der Waals surface area contributed by atoms with Crippen molar-refractivity contribution in [2.75, 3.05) is 5.32 Å². The molecule has 6 heteroatoms. The summed E-state index contributed by atoms with van der Waals surface area (Å²) in [5.41, 5.74) is 2.03. The Balaban J connectivity index is 1.42. The number of nitrogens with one attached hydrogen (secondary N) is 2. The van der Waals surface area contributed by atoms with Gasteiger partial charge in [-0.25, -0.2) is 0 Å². The van der Waals surface area contributed by atoms with Gasteiger partial charge in [-0.1, -0.05) is 17.7 Å². The molecule has 5 nitrogen and oxygen atoms in total. The number of carbonyl (C=O) groups excluding carboxylic acids is 2. The second-order valence-electron chi connectivity index (χ2n) is 6.38. The lowest BCUT2D eigenvalue weighted by molar-refractivity contribution is -0.122. The van der Waals surface area contributed by atoms with Crippen LogP contribution in [0.2, 0.25) is 5.02 Å². The van der Waals surface area contributed by atoms with Crippen LogP contribution in [0.25, 0.3) is 0 Å². The monoisotopic (exact) mass is 356 g/mol. The van der Waals surface area contributed by atoms with Crippen LogP contribution in [0, 0.1) is 0 Å². The van der Waals surface area contributed by atoms with Crippen LogP contribution in [-0.2, 0) is 11.2 Å². The van der Waals surface area contributed by atoms with Crippen LogP contribution in [0.3, 0.4) is 0 Å². The van der Waals surface area contributed by atoms with Gasteiger partial charge in [-0.05, 0) is 54.8 Å². The molecule has 0 bridgehead atoms. The molecule has 0 saturated heterocycles. The molecule has 128 valence electrons. The number of anilines is 1. The molecule has 25 heavy (non-hydrogen) atoms. The number of fused-ring (bicyclic) bond motifs is 1. The van der Waals surface area contributed by atoms with E-state index in [0.717, 1.165) is 18.4 Å². The first-order valence-corrected chi connectivity index (χ1v) is 8.63. The standard InChI is InChI=1S/C19H17ClN2O3/c20-13-4-7-16-12(8-13)10-17(25-16)19(24)22-15-3-1-2-11(9-15)18(23)21-14-5-6-14/h1-4,7-9,14,17H,5-6,10H2,(H,21,23)(H,22,24). The Morgan fingerprint density at radius 3 is 2.76 bits per heavy atom. The normalized spacial score (nSPS) is 18.2. The summed E-state index contributed by atoms with van der Waals surface area (Å²) in [6.45, 7) is 0. The molecule has 1 aliphatic heterocycles. The Kier molecular flexibility index (Phi) is 4.09. The zero-order valence-electron chi connectivity index (χ0n) is 13.4. The summed E-state index contributed by atoms with van der Waals surface area (Å²) in [6, 6.07) is 12.5. The lowest BCUT2D eigenvalue weighted by atomic mass is 10.1. The van der Waals surface area contributed by atoms with Crippen molar-refractivity contribution < 1.29 is 14.3 Å². The Labute approximate surface area is 150 Å². The number of amides is 2. The highest BCUT2D eigenvalue weighted by Gasteiger charge is 2.29. The predicted octanol–water partition coefficient (Wildman–Crippen LogP) is 3.17. The summed E-state index contributed by atoms with van der Waals surface area (Å²) in [7, 11) is 0. The minimum atomic E-state index is -0.600. The van der Waals surface area contributed by atoms with E-state index in [4.69, 9.17) is 16.3 Å². The van der Waals surface area contributed by atoms with Gasteiger partial charge in [0.05, 0.1) is 0 Å². The maximum atomic E-state index is 12.5. The smallest absolute Gasteiger partial charge is 0.265 e. The largest absolute Gasteiger partial charge is 0.480 e. The Hall–Kier alpha value is -2.53. The van der Waals surface area contributed by atoms with Gasteiger partial charge in [0.25, 0.3) is 11.8 Å². The first-order valence-electron chi connectivity index (χ1n) is 8.25. The molecule has 2 aliphatic rings. The highest BCUT2D eigenvalue weighted by molar-refractivity contribution is 6.30. The molecule has 1 saturated carbocycles. The van der Waals surface area contributed by atoms with E-state index in [-0.39, 0.29) is 11.8 Å². The predicted molar refractivity (Wildman–Crippen MR) is 95.1 cm³/mol. The Morgan fingerprint density at radius 2 is 1.96 bits per heavy atom. The lowest BCUT2D eigenvalue weighted by Gasteiger charge is -2.12. The first-order chi connectivity index (χ1) is 12.1. The summed E-state index contributed by atoms with van der Waals surface area (Å²) >= 11 is 5.97.